The van der Waals surface area contributed by atoms with E-state index in [1.165, 1.54) is 12.1 Å². The minimum absolute atomic E-state index is 0.540. The lowest BCUT2D eigenvalue weighted by molar-refractivity contribution is -0.141. The number of hydrogen-bond acceptors (Lipinski definition) is 1. The number of hydrogen-bond donors (Lipinski definition) is 1. The van der Waals surface area contributed by atoms with Crippen molar-refractivity contribution < 1.29 is 23.1 Å². The van der Waals surface area contributed by atoms with Crippen molar-refractivity contribution in [1.29, 1.82) is 0 Å². The SMILES string of the molecule is CC1(c2ccc(C(F)(F)F)cc2)C=CC=CC1C(=O)O. The molecule has 0 heterocycles. The van der Waals surface area contributed by atoms with Gasteiger partial charge in [-0.25, -0.2) is 0 Å². The van der Waals surface area contributed by atoms with Gasteiger partial charge in [-0.2, -0.15) is 13.2 Å². The van der Waals surface area contributed by atoms with E-state index in [9.17, 15) is 23.1 Å². The maximum absolute atomic E-state index is 12.5. The van der Waals surface area contributed by atoms with Gasteiger partial charge in [0.1, 0.15) is 0 Å². The van der Waals surface area contributed by atoms with Crippen LogP contribution < -0.4 is 0 Å². The fraction of sp³-hybridized carbons (Fsp3) is 0.267. The zero-order chi connectivity index (χ0) is 15.0. The Kier molecular flexibility index (Phi) is 3.46. The number of carboxylic acids is 1. The predicted molar refractivity (Wildman–Crippen MR) is 68.2 cm³/mol. The molecule has 1 N–H and O–H groups in total. The molecule has 106 valence electrons. The molecule has 0 bridgehead atoms. The van der Waals surface area contributed by atoms with Crippen LogP contribution in [0.5, 0.6) is 0 Å². The fourth-order valence-corrected chi connectivity index (χ4v) is 2.37. The molecule has 1 aromatic rings. The van der Waals surface area contributed by atoms with Gasteiger partial charge in [0.25, 0.3) is 0 Å². The Hall–Kier alpha value is -2.04. The van der Waals surface area contributed by atoms with Crippen LogP contribution in [-0.2, 0) is 16.4 Å². The normalized spacial score (nSPS) is 25.7. The van der Waals surface area contributed by atoms with E-state index < -0.39 is 29.0 Å². The van der Waals surface area contributed by atoms with Crippen LogP contribution in [0.1, 0.15) is 18.1 Å². The lowest BCUT2D eigenvalue weighted by Crippen LogP contribution is -2.35. The van der Waals surface area contributed by atoms with Crippen molar-refractivity contribution in [2.24, 2.45) is 5.92 Å². The van der Waals surface area contributed by atoms with Crippen LogP contribution in [0.2, 0.25) is 0 Å². The number of carbonyl (C=O) groups is 1. The Morgan fingerprint density at radius 3 is 2.30 bits per heavy atom. The minimum Gasteiger partial charge on any atom is -0.481 e. The summed E-state index contributed by atoms with van der Waals surface area (Å²) >= 11 is 0. The quantitative estimate of drug-likeness (QED) is 0.896. The summed E-state index contributed by atoms with van der Waals surface area (Å²) in [5.41, 5.74) is -1.06. The Morgan fingerprint density at radius 1 is 1.20 bits per heavy atom. The molecule has 0 saturated carbocycles. The second-order valence-electron chi connectivity index (χ2n) is 4.92. The summed E-state index contributed by atoms with van der Waals surface area (Å²) in [6.45, 7) is 1.70. The van der Waals surface area contributed by atoms with Crippen LogP contribution in [-0.4, -0.2) is 11.1 Å². The molecule has 0 saturated heterocycles. The van der Waals surface area contributed by atoms with Crippen LogP contribution >= 0.6 is 0 Å². The number of rotatable bonds is 2. The molecule has 0 spiro atoms. The fourth-order valence-electron chi connectivity index (χ4n) is 2.37. The number of carboxylic acid groups (broad SMARTS) is 1. The van der Waals surface area contributed by atoms with Crippen LogP contribution in [0.3, 0.4) is 0 Å². The van der Waals surface area contributed by atoms with Crippen LogP contribution in [0.25, 0.3) is 0 Å². The van der Waals surface area contributed by atoms with Crippen molar-refractivity contribution in [3.8, 4) is 0 Å². The van der Waals surface area contributed by atoms with Gasteiger partial charge in [-0.3, -0.25) is 4.79 Å². The molecule has 0 fully saturated rings. The highest BCUT2D eigenvalue weighted by Crippen LogP contribution is 2.38. The van der Waals surface area contributed by atoms with Crippen molar-refractivity contribution in [2.75, 3.05) is 0 Å². The lowest BCUT2D eigenvalue weighted by Gasteiger charge is -2.33. The standard InChI is InChI=1S/C15H13F3O2/c1-14(9-3-2-4-12(14)13(19)20)10-5-7-11(8-6-10)15(16,17)18/h2-9,12H,1H3,(H,19,20). The molecule has 0 amide bonds. The molecule has 0 aromatic heterocycles. The Bertz CT molecular complexity index is 570. The highest BCUT2D eigenvalue weighted by atomic mass is 19.4. The van der Waals surface area contributed by atoms with Crippen LogP contribution in [0, 0.1) is 5.92 Å². The smallest absolute Gasteiger partial charge is 0.416 e. The van der Waals surface area contributed by atoms with Crippen molar-refractivity contribution in [1.82, 2.24) is 0 Å². The summed E-state index contributed by atoms with van der Waals surface area (Å²) in [5, 5.41) is 9.25. The van der Waals surface area contributed by atoms with E-state index in [-0.39, 0.29) is 0 Å². The summed E-state index contributed by atoms with van der Waals surface area (Å²) in [7, 11) is 0. The summed E-state index contributed by atoms with van der Waals surface area (Å²) in [5.74, 6) is -1.81. The first-order valence-electron chi connectivity index (χ1n) is 6.02. The van der Waals surface area contributed by atoms with Crippen molar-refractivity contribution >= 4 is 5.97 Å². The van der Waals surface area contributed by atoms with E-state index in [4.69, 9.17) is 0 Å². The third-order valence-electron chi connectivity index (χ3n) is 3.60. The van der Waals surface area contributed by atoms with Crippen LogP contribution in [0.15, 0.2) is 48.6 Å². The molecular weight excluding hydrogens is 269 g/mol. The second-order valence-corrected chi connectivity index (χ2v) is 4.92. The van der Waals surface area contributed by atoms with Gasteiger partial charge in [0.05, 0.1) is 11.5 Å². The number of allylic oxidation sites excluding steroid dienone is 3. The monoisotopic (exact) mass is 282 g/mol. The molecule has 20 heavy (non-hydrogen) atoms. The molecule has 1 aromatic carbocycles. The molecule has 1 aliphatic rings. The second kappa shape index (κ2) is 4.81. The van der Waals surface area contributed by atoms with Gasteiger partial charge in [0.15, 0.2) is 0 Å². The highest BCUT2D eigenvalue weighted by Gasteiger charge is 2.39. The van der Waals surface area contributed by atoms with Crippen LogP contribution in [0.4, 0.5) is 13.2 Å². The van der Waals surface area contributed by atoms with E-state index in [2.05, 4.69) is 0 Å². The molecule has 5 heteroatoms. The van der Waals surface area contributed by atoms with E-state index in [0.717, 1.165) is 12.1 Å². The Labute approximate surface area is 114 Å². The van der Waals surface area contributed by atoms with Gasteiger partial charge in [0, 0.05) is 5.41 Å². The molecule has 2 nitrogen and oxygen atoms in total. The number of halogens is 3. The number of benzene rings is 1. The third kappa shape index (κ3) is 2.48. The largest absolute Gasteiger partial charge is 0.481 e. The minimum atomic E-state index is -4.39. The first kappa shape index (κ1) is 14.4. The van der Waals surface area contributed by atoms with E-state index in [1.54, 1.807) is 31.2 Å². The summed E-state index contributed by atoms with van der Waals surface area (Å²) in [6.07, 6.45) is 2.18. The third-order valence-corrected chi connectivity index (χ3v) is 3.60. The molecular formula is C15H13F3O2. The van der Waals surface area contributed by atoms with E-state index in [1.807, 2.05) is 0 Å². The molecule has 2 atom stereocenters. The lowest BCUT2D eigenvalue weighted by atomic mass is 9.69. The van der Waals surface area contributed by atoms with Gasteiger partial charge in [-0.1, -0.05) is 43.4 Å². The number of aliphatic carboxylic acids is 1. The maximum atomic E-state index is 12.5. The topological polar surface area (TPSA) is 37.3 Å². The average molecular weight is 282 g/mol. The molecule has 2 rings (SSSR count). The van der Waals surface area contributed by atoms with Gasteiger partial charge in [-0.05, 0) is 17.7 Å². The number of alkyl halides is 3. The average Bonchev–Trinajstić information content (AvgIpc) is 2.38. The van der Waals surface area contributed by atoms with E-state index in [0.29, 0.717) is 5.56 Å². The molecule has 0 radical (unpaired) electrons. The van der Waals surface area contributed by atoms with Gasteiger partial charge in [0.2, 0.25) is 0 Å². The van der Waals surface area contributed by atoms with Crippen molar-refractivity contribution in [3.05, 3.63) is 59.7 Å². The summed E-state index contributed by atoms with van der Waals surface area (Å²) in [4.78, 5) is 11.3. The molecule has 2 unspecified atom stereocenters. The summed E-state index contributed by atoms with van der Waals surface area (Å²) in [6, 6.07) is 4.63. The van der Waals surface area contributed by atoms with Gasteiger partial charge < -0.3 is 5.11 Å². The Morgan fingerprint density at radius 2 is 1.80 bits per heavy atom. The highest BCUT2D eigenvalue weighted by molar-refractivity contribution is 5.76. The van der Waals surface area contributed by atoms with Crippen molar-refractivity contribution in [3.63, 3.8) is 0 Å². The molecule has 1 aliphatic carbocycles. The zero-order valence-electron chi connectivity index (χ0n) is 10.7. The maximum Gasteiger partial charge on any atom is 0.416 e. The molecule has 0 aliphatic heterocycles. The Balaban J connectivity index is 2.41. The predicted octanol–water partition coefficient (Wildman–Crippen LogP) is 3.79. The first-order chi connectivity index (χ1) is 9.25. The zero-order valence-corrected chi connectivity index (χ0v) is 10.7. The first-order valence-corrected chi connectivity index (χ1v) is 6.02. The van der Waals surface area contributed by atoms with Crippen molar-refractivity contribution in [2.45, 2.75) is 18.5 Å². The summed E-state index contributed by atoms with van der Waals surface area (Å²) < 4.78 is 37.6. The van der Waals surface area contributed by atoms with Gasteiger partial charge >= 0.3 is 12.1 Å². The van der Waals surface area contributed by atoms with Gasteiger partial charge in [-0.15, -0.1) is 0 Å². The van der Waals surface area contributed by atoms with E-state index >= 15 is 0 Å².